The van der Waals surface area contributed by atoms with Gasteiger partial charge in [0, 0.05) is 19.0 Å². The van der Waals surface area contributed by atoms with E-state index < -0.39 is 0 Å². The highest BCUT2D eigenvalue weighted by Gasteiger charge is 2.14. The fraction of sp³-hybridized carbons (Fsp3) is 0.500. The van der Waals surface area contributed by atoms with Crippen LogP contribution < -0.4 is 5.73 Å². The molecule has 13 heavy (non-hydrogen) atoms. The maximum atomic E-state index is 5.96. The first kappa shape index (κ1) is 10.2. The molecular weight excluding hydrogens is 164 g/mol. The fourth-order valence-electron chi connectivity index (χ4n) is 1.21. The Hall–Kier alpha value is -0.930. The summed E-state index contributed by atoms with van der Waals surface area (Å²) in [5.74, 6) is 0. The van der Waals surface area contributed by atoms with Gasteiger partial charge in [-0.1, -0.05) is 6.07 Å². The molecule has 2 unspecified atom stereocenters. The van der Waals surface area contributed by atoms with Gasteiger partial charge in [0.15, 0.2) is 0 Å². The van der Waals surface area contributed by atoms with E-state index in [1.165, 1.54) is 0 Å². The lowest BCUT2D eigenvalue weighted by Crippen LogP contribution is -2.26. The normalized spacial score (nSPS) is 15.3. The zero-order chi connectivity index (χ0) is 9.68. The molecule has 0 radical (unpaired) electrons. The Kier molecular flexibility index (Phi) is 3.86. The van der Waals surface area contributed by atoms with E-state index in [1.807, 2.05) is 26.0 Å². The summed E-state index contributed by atoms with van der Waals surface area (Å²) in [5, 5.41) is 0. The standard InChI is InChI=1S/C10H16N2O/c1-3-13-8(2)10(11)9-5-4-6-12-7-9/h4-8,10H,3,11H2,1-2H3. The van der Waals surface area contributed by atoms with E-state index in [0.29, 0.717) is 6.61 Å². The maximum absolute atomic E-state index is 5.96. The molecule has 0 saturated heterocycles. The highest BCUT2D eigenvalue weighted by molar-refractivity contribution is 5.14. The first-order chi connectivity index (χ1) is 6.25. The van der Waals surface area contributed by atoms with Crippen molar-refractivity contribution in [3.05, 3.63) is 30.1 Å². The number of hydrogen-bond acceptors (Lipinski definition) is 3. The van der Waals surface area contributed by atoms with Crippen LogP contribution in [0.15, 0.2) is 24.5 Å². The molecule has 0 bridgehead atoms. The average molecular weight is 180 g/mol. The number of hydrogen-bond donors (Lipinski definition) is 1. The van der Waals surface area contributed by atoms with Gasteiger partial charge in [-0.3, -0.25) is 4.98 Å². The number of rotatable bonds is 4. The summed E-state index contributed by atoms with van der Waals surface area (Å²) in [6, 6.07) is 3.76. The van der Waals surface area contributed by atoms with E-state index in [0.717, 1.165) is 5.56 Å². The number of aromatic nitrogens is 1. The van der Waals surface area contributed by atoms with Crippen molar-refractivity contribution in [2.75, 3.05) is 6.61 Å². The van der Waals surface area contributed by atoms with Gasteiger partial charge in [-0.25, -0.2) is 0 Å². The topological polar surface area (TPSA) is 48.1 Å². The Labute approximate surface area is 78.9 Å². The number of ether oxygens (including phenoxy) is 1. The van der Waals surface area contributed by atoms with Gasteiger partial charge in [0.25, 0.3) is 0 Å². The monoisotopic (exact) mass is 180 g/mol. The van der Waals surface area contributed by atoms with Crippen LogP contribution in [-0.2, 0) is 4.74 Å². The van der Waals surface area contributed by atoms with Gasteiger partial charge in [0.2, 0.25) is 0 Å². The third-order valence-electron chi connectivity index (χ3n) is 2.00. The smallest absolute Gasteiger partial charge is 0.0739 e. The Bertz CT molecular complexity index is 238. The summed E-state index contributed by atoms with van der Waals surface area (Å²) in [7, 11) is 0. The summed E-state index contributed by atoms with van der Waals surface area (Å²) in [6.07, 6.45) is 3.55. The lowest BCUT2D eigenvalue weighted by molar-refractivity contribution is 0.0574. The molecule has 0 aliphatic rings. The van der Waals surface area contributed by atoms with Crippen molar-refractivity contribution in [3.63, 3.8) is 0 Å². The molecule has 1 heterocycles. The van der Waals surface area contributed by atoms with Crippen LogP contribution in [0.1, 0.15) is 25.5 Å². The second-order valence-electron chi connectivity index (χ2n) is 2.97. The molecule has 2 atom stereocenters. The molecule has 3 heteroatoms. The quantitative estimate of drug-likeness (QED) is 0.764. The molecule has 0 amide bonds. The molecule has 1 aromatic heterocycles. The SMILES string of the molecule is CCOC(C)C(N)c1cccnc1. The summed E-state index contributed by atoms with van der Waals surface area (Å²) in [6.45, 7) is 4.63. The van der Waals surface area contributed by atoms with Gasteiger partial charge in [0.1, 0.15) is 0 Å². The third-order valence-corrected chi connectivity index (χ3v) is 2.00. The van der Waals surface area contributed by atoms with E-state index in [1.54, 1.807) is 12.4 Å². The summed E-state index contributed by atoms with van der Waals surface area (Å²) in [5.41, 5.74) is 6.98. The Morgan fingerprint density at radius 1 is 1.62 bits per heavy atom. The van der Waals surface area contributed by atoms with E-state index in [-0.39, 0.29) is 12.1 Å². The Balaban J connectivity index is 2.62. The maximum Gasteiger partial charge on any atom is 0.0739 e. The largest absolute Gasteiger partial charge is 0.377 e. The van der Waals surface area contributed by atoms with Crippen molar-refractivity contribution in [2.45, 2.75) is 26.0 Å². The first-order valence-electron chi connectivity index (χ1n) is 4.52. The average Bonchev–Trinajstić information content (AvgIpc) is 2.18. The molecule has 0 fully saturated rings. The molecule has 2 N–H and O–H groups in total. The zero-order valence-electron chi connectivity index (χ0n) is 8.10. The minimum atomic E-state index is -0.0892. The van der Waals surface area contributed by atoms with Crippen LogP contribution in [0.2, 0.25) is 0 Å². The minimum Gasteiger partial charge on any atom is -0.377 e. The second-order valence-corrected chi connectivity index (χ2v) is 2.97. The molecule has 1 aromatic rings. The minimum absolute atomic E-state index is 0.0363. The highest BCUT2D eigenvalue weighted by atomic mass is 16.5. The number of nitrogens with zero attached hydrogens (tertiary/aromatic N) is 1. The Morgan fingerprint density at radius 2 is 2.38 bits per heavy atom. The van der Waals surface area contributed by atoms with E-state index in [4.69, 9.17) is 10.5 Å². The summed E-state index contributed by atoms with van der Waals surface area (Å²) < 4.78 is 5.41. The summed E-state index contributed by atoms with van der Waals surface area (Å²) >= 11 is 0. The Morgan fingerprint density at radius 3 is 2.92 bits per heavy atom. The van der Waals surface area contributed by atoms with Crippen molar-refractivity contribution in [1.82, 2.24) is 4.98 Å². The predicted molar refractivity (Wildman–Crippen MR) is 52.3 cm³/mol. The van der Waals surface area contributed by atoms with E-state index >= 15 is 0 Å². The highest BCUT2D eigenvalue weighted by Crippen LogP contribution is 2.14. The third kappa shape index (κ3) is 2.79. The molecule has 0 saturated carbocycles. The molecule has 72 valence electrons. The van der Waals surface area contributed by atoms with Crippen LogP contribution in [0.3, 0.4) is 0 Å². The van der Waals surface area contributed by atoms with Crippen molar-refractivity contribution in [1.29, 1.82) is 0 Å². The van der Waals surface area contributed by atoms with Crippen LogP contribution in [0.25, 0.3) is 0 Å². The lowest BCUT2D eigenvalue weighted by atomic mass is 10.1. The van der Waals surface area contributed by atoms with Crippen molar-refractivity contribution in [2.24, 2.45) is 5.73 Å². The molecule has 3 nitrogen and oxygen atoms in total. The number of nitrogens with two attached hydrogens (primary N) is 1. The van der Waals surface area contributed by atoms with Crippen molar-refractivity contribution in [3.8, 4) is 0 Å². The van der Waals surface area contributed by atoms with Gasteiger partial charge in [-0.15, -0.1) is 0 Å². The van der Waals surface area contributed by atoms with Crippen LogP contribution >= 0.6 is 0 Å². The van der Waals surface area contributed by atoms with E-state index in [9.17, 15) is 0 Å². The first-order valence-corrected chi connectivity index (χ1v) is 4.52. The summed E-state index contributed by atoms with van der Waals surface area (Å²) in [4.78, 5) is 4.01. The van der Waals surface area contributed by atoms with E-state index in [2.05, 4.69) is 4.98 Å². The number of pyridine rings is 1. The van der Waals surface area contributed by atoms with Crippen LogP contribution in [-0.4, -0.2) is 17.7 Å². The second kappa shape index (κ2) is 4.94. The lowest BCUT2D eigenvalue weighted by Gasteiger charge is -2.19. The molecule has 0 aliphatic carbocycles. The molecular formula is C10H16N2O. The molecule has 0 spiro atoms. The van der Waals surface area contributed by atoms with Gasteiger partial charge in [0.05, 0.1) is 12.1 Å². The predicted octanol–water partition coefficient (Wildman–Crippen LogP) is 1.51. The van der Waals surface area contributed by atoms with Gasteiger partial charge in [-0.2, -0.15) is 0 Å². The van der Waals surface area contributed by atoms with Gasteiger partial charge >= 0.3 is 0 Å². The van der Waals surface area contributed by atoms with Crippen molar-refractivity contribution >= 4 is 0 Å². The van der Waals surface area contributed by atoms with Crippen LogP contribution in [0, 0.1) is 0 Å². The molecule has 0 aliphatic heterocycles. The van der Waals surface area contributed by atoms with Crippen molar-refractivity contribution < 1.29 is 4.74 Å². The van der Waals surface area contributed by atoms with Gasteiger partial charge in [-0.05, 0) is 25.5 Å². The van der Waals surface area contributed by atoms with Gasteiger partial charge < -0.3 is 10.5 Å². The molecule has 1 rings (SSSR count). The molecule has 0 aromatic carbocycles. The van der Waals surface area contributed by atoms with Crippen LogP contribution in [0.5, 0.6) is 0 Å². The van der Waals surface area contributed by atoms with Crippen LogP contribution in [0.4, 0.5) is 0 Å². The fourth-order valence-corrected chi connectivity index (χ4v) is 1.21. The zero-order valence-corrected chi connectivity index (χ0v) is 8.10.